The van der Waals surface area contributed by atoms with Crippen LogP contribution < -0.4 is 11.5 Å². The van der Waals surface area contributed by atoms with Gasteiger partial charge >= 0.3 is 0 Å². The molecular weight excluding hydrogens is 136 g/mol. The Morgan fingerprint density at radius 3 is 1.82 bits per heavy atom. The summed E-state index contributed by atoms with van der Waals surface area (Å²) in [6.45, 7) is 7.35. The SMILES string of the molecule is C=CCC(CC=C)CC(N)N. The standard InChI is InChI=1S/C9H18N2/c1-3-5-8(6-4-2)7-9(10)11/h3-4,8-9H,1-2,5-7,10-11H2. The molecule has 2 nitrogen and oxygen atoms in total. The first-order chi connectivity index (χ1) is 5.20. The quantitative estimate of drug-likeness (QED) is 0.448. The largest absolute Gasteiger partial charge is 0.316 e. The first-order valence-electron chi connectivity index (χ1n) is 3.93. The molecule has 0 radical (unpaired) electrons. The van der Waals surface area contributed by atoms with Crippen molar-refractivity contribution in [3.63, 3.8) is 0 Å². The van der Waals surface area contributed by atoms with Gasteiger partial charge in [0, 0.05) is 0 Å². The van der Waals surface area contributed by atoms with Crippen LogP contribution in [0.4, 0.5) is 0 Å². The van der Waals surface area contributed by atoms with Crippen LogP contribution in [0.25, 0.3) is 0 Å². The number of hydrogen-bond acceptors (Lipinski definition) is 2. The van der Waals surface area contributed by atoms with Crippen molar-refractivity contribution >= 4 is 0 Å². The second-order valence-electron chi connectivity index (χ2n) is 2.81. The molecule has 0 saturated carbocycles. The van der Waals surface area contributed by atoms with E-state index in [0.29, 0.717) is 5.92 Å². The van der Waals surface area contributed by atoms with Gasteiger partial charge in [0.1, 0.15) is 0 Å². The zero-order chi connectivity index (χ0) is 8.69. The molecule has 0 heterocycles. The lowest BCUT2D eigenvalue weighted by Crippen LogP contribution is -2.32. The maximum atomic E-state index is 5.46. The van der Waals surface area contributed by atoms with E-state index in [1.807, 2.05) is 12.2 Å². The van der Waals surface area contributed by atoms with Gasteiger partial charge in [0.15, 0.2) is 0 Å². The Morgan fingerprint density at radius 2 is 1.55 bits per heavy atom. The van der Waals surface area contributed by atoms with Gasteiger partial charge in [-0.1, -0.05) is 12.2 Å². The maximum absolute atomic E-state index is 5.46. The predicted molar refractivity (Wildman–Crippen MR) is 49.9 cm³/mol. The fourth-order valence-corrected chi connectivity index (χ4v) is 1.14. The Labute approximate surface area is 69.0 Å². The summed E-state index contributed by atoms with van der Waals surface area (Å²) in [6.07, 6.45) is 6.37. The second kappa shape index (κ2) is 6.13. The van der Waals surface area contributed by atoms with Crippen LogP contribution in [0.5, 0.6) is 0 Å². The molecule has 0 aliphatic heterocycles. The van der Waals surface area contributed by atoms with Gasteiger partial charge in [0.05, 0.1) is 6.17 Å². The van der Waals surface area contributed by atoms with Crippen LogP contribution in [0.15, 0.2) is 25.3 Å². The fourth-order valence-electron chi connectivity index (χ4n) is 1.14. The van der Waals surface area contributed by atoms with E-state index in [2.05, 4.69) is 13.2 Å². The van der Waals surface area contributed by atoms with Gasteiger partial charge in [-0.05, 0) is 25.2 Å². The molecule has 0 atom stereocenters. The van der Waals surface area contributed by atoms with Crippen LogP contribution in [-0.4, -0.2) is 6.17 Å². The molecule has 0 spiro atoms. The lowest BCUT2D eigenvalue weighted by Gasteiger charge is -2.14. The third kappa shape index (κ3) is 5.83. The van der Waals surface area contributed by atoms with Crippen molar-refractivity contribution in [1.82, 2.24) is 0 Å². The molecule has 0 unspecified atom stereocenters. The molecule has 4 N–H and O–H groups in total. The van der Waals surface area contributed by atoms with E-state index in [1.165, 1.54) is 0 Å². The molecular formula is C9H18N2. The van der Waals surface area contributed by atoms with Gasteiger partial charge in [-0.25, -0.2) is 0 Å². The van der Waals surface area contributed by atoms with Gasteiger partial charge in [0.25, 0.3) is 0 Å². The van der Waals surface area contributed by atoms with Crippen LogP contribution in [0, 0.1) is 5.92 Å². The van der Waals surface area contributed by atoms with Crippen molar-refractivity contribution in [1.29, 1.82) is 0 Å². The molecule has 0 saturated heterocycles. The highest BCUT2D eigenvalue weighted by Gasteiger charge is 2.06. The Morgan fingerprint density at radius 1 is 1.09 bits per heavy atom. The molecule has 0 aromatic heterocycles. The summed E-state index contributed by atoms with van der Waals surface area (Å²) in [5.74, 6) is 0.519. The van der Waals surface area contributed by atoms with Crippen molar-refractivity contribution < 1.29 is 0 Å². The number of rotatable bonds is 6. The average molecular weight is 154 g/mol. The number of allylic oxidation sites excluding steroid dienone is 2. The van der Waals surface area contributed by atoms with Gasteiger partial charge in [-0.2, -0.15) is 0 Å². The smallest absolute Gasteiger partial charge is 0.0523 e. The Kier molecular flexibility index (Phi) is 5.80. The highest BCUT2D eigenvalue weighted by Crippen LogP contribution is 2.14. The molecule has 0 aliphatic rings. The van der Waals surface area contributed by atoms with Crippen LogP contribution in [-0.2, 0) is 0 Å². The zero-order valence-corrected chi connectivity index (χ0v) is 7.00. The highest BCUT2D eigenvalue weighted by atomic mass is 14.8. The lowest BCUT2D eigenvalue weighted by molar-refractivity contribution is 0.445. The Hall–Kier alpha value is -0.600. The van der Waals surface area contributed by atoms with Gasteiger partial charge in [-0.15, -0.1) is 13.2 Å². The topological polar surface area (TPSA) is 52.0 Å². The minimum atomic E-state index is -0.208. The summed E-state index contributed by atoms with van der Waals surface area (Å²) in [4.78, 5) is 0. The first-order valence-corrected chi connectivity index (χ1v) is 3.93. The normalized spacial score (nSPS) is 10.5. The third-order valence-corrected chi connectivity index (χ3v) is 1.61. The monoisotopic (exact) mass is 154 g/mol. The van der Waals surface area contributed by atoms with Gasteiger partial charge < -0.3 is 11.5 Å². The predicted octanol–water partition coefficient (Wildman–Crippen LogP) is 1.39. The molecule has 0 bridgehead atoms. The summed E-state index contributed by atoms with van der Waals surface area (Å²) >= 11 is 0. The van der Waals surface area contributed by atoms with Crippen molar-refractivity contribution in [2.45, 2.75) is 25.4 Å². The van der Waals surface area contributed by atoms with E-state index in [4.69, 9.17) is 11.5 Å². The summed E-state index contributed by atoms with van der Waals surface area (Å²) in [5.41, 5.74) is 10.9. The molecule has 0 amide bonds. The van der Waals surface area contributed by atoms with Crippen molar-refractivity contribution in [2.75, 3.05) is 0 Å². The molecule has 0 aromatic rings. The maximum Gasteiger partial charge on any atom is 0.0523 e. The first kappa shape index (κ1) is 10.4. The fraction of sp³-hybridized carbons (Fsp3) is 0.556. The average Bonchev–Trinajstić information content (AvgIpc) is 1.87. The molecule has 2 heteroatoms. The Bertz CT molecular complexity index is 109. The van der Waals surface area contributed by atoms with Crippen LogP contribution in [0.2, 0.25) is 0 Å². The zero-order valence-electron chi connectivity index (χ0n) is 7.00. The summed E-state index contributed by atoms with van der Waals surface area (Å²) < 4.78 is 0. The summed E-state index contributed by atoms with van der Waals surface area (Å²) in [7, 11) is 0. The van der Waals surface area contributed by atoms with Gasteiger partial charge in [0.2, 0.25) is 0 Å². The molecule has 0 fully saturated rings. The molecule has 0 aromatic carbocycles. The highest BCUT2D eigenvalue weighted by molar-refractivity contribution is 4.80. The lowest BCUT2D eigenvalue weighted by atomic mass is 9.96. The minimum absolute atomic E-state index is 0.208. The van der Waals surface area contributed by atoms with Crippen molar-refractivity contribution in [3.8, 4) is 0 Å². The minimum Gasteiger partial charge on any atom is -0.316 e. The molecule has 0 aliphatic carbocycles. The van der Waals surface area contributed by atoms with E-state index in [-0.39, 0.29) is 6.17 Å². The van der Waals surface area contributed by atoms with Gasteiger partial charge in [-0.3, -0.25) is 0 Å². The summed E-state index contributed by atoms with van der Waals surface area (Å²) in [6, 6.07) is 0. The second-order valence-corrected chi connectivity index (χ2v) is 2.81. The van der Waals surface area contributed by atoms with Crippen molar-refractivity contribution in [2.24, 2.45) is 17.4 Å². The van der Waals surface area contributed by atoms with E-state index in [9.17, 15) is 0 Å². The van der Waals surface area contributed by atoms with E-state index in [1.54, 1.807) is 0 Å². The Balaban J connectivity index is 3.67. The number of hydrogen-bond donors (Lipinski definition) is 2. The number of nitrogens with two attached hydrogens (primary N) is 2. The van der Waals surface area contributed by atoms with Crippen LogP contribution >= 0.6 is 0 Å². The molecule has 64 valence electrons. The van der Waals surface area contributed by atoms with Crippen molar-refractivity contribution in [3.05, 3.63) is 25.3 Å². The summed E-state index contributed by atoms with van der Waals surface area (Å²) in [5, 5.41) is 0. The molecule has 11 heavy (non-hydrogen) atoms. The van der Waals surface area contributed by atoms with Crippen LogP contribution in [0.3, 0.4) is 0 Å². The van der Waals surface area contributed by atoms with E-state index in [0.717, 1.165) is 19.3 Å². The molecule has 0 rings (SSSR count). The van der Waals surface area contributed by atoms with E-state index >= 15 is 0 Å². The van der Waals surface area contributed by atoms with Crippen LogP contribution in [0.1, 0.15) is 19.3 Å². The van der Waals surface area contributed by atoms with E-state index < -0.39 is 0 Å². The third-order valence-electron chi connectivity index (χ3n) is 1.61.